The van der Waals surface area contributed by atoms with Crippen LogP contribution in [0.1, 0.15) is 12.8 Å². The lowest BCUT2D eigenvalue weighted by Gasteiger charge is -2.11. The van der Waals surface area contributed by atoms with Crippen molar-refractivity contribution < 1.29 is 17.9 Å². The van der Waals surface area contributed by atoms with Crippen molar-refractivity contribution in [2.45, 2.75) is 25.6 Å². The lowest BCUT2D eigenvalue weighted by atomic mass is 10.2. The molecule has 2 aromatic heterocycles. The van der Waals surface area contributed by atoms with Gasteiger partial charge < -0.3 is 9.30 Å². The van der Waals surface area contributed by atoms with Gasteiger partial charge in [0.05, 0.1) is 28.0 Å². The monoisotopic (exact) mass is 389 g/mol. The van der Waals surface area contributed by atoms with Crippen LogP contribution in [-0.4, -0.2) is 20.7 Å². The van der Waals surface area contributed by atoms with Crippen molar-refractivity contribution in [1.29, 1.82) is 0 Å². The van der Waals surface area contributed by atoms with Gasteiger partial charge in [0.15, 0.2) is 5.75 Å². The molecule has 0 N–H and O–H groups in total. The summed E-state index contributed by atoms with van der Waals surface area (Å²) in [6.45, 7) is 0.157. The van der Waals surface area contributed by atoms with Gasteiger partial charge in [-0.05, 0) is 12.5 Å². The summed E-state index contributed by atoms with van der Waals surface area (Å²) in [5.41, 5.74) is 0.591. The first-order chi connectivity index (χ1) is 11.8. The summed E-state index contributed by atoms with van der Waals surface area (Å²) in [6.07, 6.45) is -0.747. The van der Waals surface area contributed by atoms with Crippen molar-refractivity contribution in [1.82, 2.24) is 14.5 Å². The number of aryl methyl sites for hydroxylation is 1. The zero-order valence-electron chi connectivity index (χ0n) is 12.7. The normalized spacial score (nSPS) is 11.9. The predicted molar refractivity (Wildman–Crippen MR) is 89.4 cm³/mol. The Hall–Kier alpha value is -1.99. The molecule has 4 nitrogen and oxygen atoms in total. The van der Waals surface area contributed by atoms with Gasteiger partial charge in [0.2, 0.25) is 0 Å². The quantitative estimate of drug-likeness (QED) is 0.547. The van der Waals surface area contributed by atoms with Crippen LogP contribution in [0.15, 0.2) is 36.8 Å². The van der Waals surface area contributed by atoms with Crippen LogP contribution in [0.4, 0.5) is 13.2 Å². The van der Waals surface area contributed by atoms with Crippen molar-refractivity contribution in [3.05, 3.63) is 46.8 Å². The molecular formula is C16H12Cl2F3N3O. The Kier molecular flexibility index (Phi) is 5.06. The van der Waals surface area contributed by atoms with Gasteiger partial charge in [0.25, 0.3) is 0 Å². The number of nitrogens with zero attached hydrogens (tertiary/aromatic N) is 3. The second kappa shape index (κ2) is 7.09. The molecule has 132 valence electrons. The van der Waals surface area contributed by atoms with Crippen LogP contribution >= 0.6 is 23.2 Å². The summed E-state index contributed by atoms with van der Waals surface area (Å²) in [5, 5.41) is 1.48. The molecule has 0 unspecified atom stereocenters. The minimum Gasteiger partial charge on any atom is -0.422 e. The average molecular weight is 390 g/mol. The van der Waals surface area contributed by atoms with Gasteiger partial charge in [0, 0.05) is 24.5 Å². The van der Waals surface area contributed by atoms with E-state index in [4.69, 9.17) is 27.9 Å². The predicted octanol–water partition coefficient (Wildman–Crippen LogP) is 5.87. The van der Waals surface area contributed by atoms with E-state index in [0.717, 1.165) is 0 Å². The fourth-order valence-corrected chi connectivity index (χ4v) is 2.81. The van der Waals surface area contributed by atoms with Gasteiger partial charge in [-0.25, -0.2) is 9.97 Å². The first kappa shape index (κ1) is 17.8. The number of aromatic nitrogens is 3. The molecule has 2 heterocycles. The van der Waals surface area contributed by atoms with E-state index in [2.05, 4.69) is 9.97 Å². The highest BCUT2D eigenvalue weighted by molar-refractivity contribution is 6.35. The van der Waals surface area contributed by atoms with Crippen molar-refractivity contribution in [3.63, 3.8) is 0 Å². The maximum Gasteiger partial charge on any atom is 0.389 e. The van der Waals surface area contributed by atoms with E-state index in [9.17, 15) is 13.2 Å². The second-order valence-corrected chi connectivity index (χ2v) is 6.17. The molecule has 0 bridgehead atoms. The molecule has 0 spiro atoms. The number of alkyl halides is 3. The van der Waals surface area contributed by atoms with Crippen LogP contribution in [0.2, 0.25) is 10.0 Å². The van der Waals surface area contributed by atoms with Gasteiger partial charge in [-0.2, -0.15) is 13.2 Å². The molecule has 1 aromatic carbocycles. The molecule has 3 aromatic rings. The topological polar surface area (TPSA) is 39.9 Å². The molecule has 0 saturated carbocycles. The number of benzene rings is 1. The third kappa shape index (κ3) is 4.35. The smallest absolute Gasteiger partial charge is 0.389 e. The summed E-state index contributed by atoms with van der Waals surface area (Å²) < 4.78 is 44.5. The summed E-state index contributed by atoms with van der Waals surface area (Å²) in [6, 6.07) is 5.26. The third-order valence-electron chi connectivity index (χ3n) is 3.47. The Labute approximate surface area is 151 Å². The fraction of sp³-hybridized carbons (Fsp3) is 0.250. The molecule has 0 radical (unpaired) electrons. The summed E-state index contributed by atoms with van der Waals surface area (Å²) in [5.74, 6) is 0.402. The lowest BCUT2D eigenvalue weighted by Crippen LogP contribution is -2.09. The Morgan fingerprint density at radius 3 is 2.52 bits per heavy atom. The van der Waals surface area contributed by atoms with Gasteiger partial charge in [-0.1, -0.05) is 35.3 Å². The van der Waals surface area contributed by atoms with E-state index >= 15 is 0 Å². The summed E-state index contributed by atoms with van der Waals surface area (Å²) >= 11 is 11.9. The number of rotatable bonds is 5. The molecule has 0 aliphatic carbocycles. The van der Waals surface area contributed by atoms with Gasteiger partial charge >= 0.3 is 12.2 Å². The minimum atomic E-state index is -4.19. The number of ether oxygens (including phenoxy) is 1. The van der Waals surface area contributed by atoms with Gasteiger partial charge in [-0.15, -0.1) is 0 Å². The van der Waals surface area contributed by atoms with Gasteiger partial charge in [-0.3, -0.25) is 0 Å². The highest BCUT2D eigenvalue weighted by atomic mass is 35.5. The Morgan fingerprint density at radius 2 is 1.84 bits per heavy atom. The maximum absolute atomic E-state index is 12.4. The molecule has 0 atom stereocenters. The summed E-state index contributed by atoms with van der Waals surface area (Å²) in [7, 11) is 0. The number of hydrogen-bond acceptors (Lipinski definition) is 3. The molecule has 0 saturated heterocycles. The highest BCUT2D eigenvalue weighted by Gasteiger charge is 2.26. The van der Waals surface area contributed by atoms with Crippen molar-refractivity contribution in [3.8, 4) is 11.8 Å². The van der Waals surface area contributed by atoms with Crippen LogP contribution < -0.4 is 4.74 Å². The van der Waals surface area contributed by atoms with E-state index in [0.29, 0.717) is 26.7 Å². The van der Waals surface area contributed by atoms with Crippen LogP contribution in [0.25, 0.3) is 10.9 Å². The molecule has 0 aliphatic rings. The maximum atomic E-state index is 12.4. The first-order valence-corrected chi connectivity index (χ1v) is 8.08. The lowest BCUT2D eigenvalue weighted by molar-refractivity contribution is -0.135. The Bertz CT molecular complexity index is 879. The Morgan fingerprint density at radius 1 is 1.12 bits per heavy atom. The molecule has 0 fully saturated rings. The van der Waals surface area contributed by atoms with E-state index in [-0.39, 0.29) is 19.0 Å². The van der Waals surface area contributed by atoms with Crippen LogP contribution in [-0.2, 0) is 6.54 Å². The van der Waals surface area contributed by atoms with E-state index in [1.54, 1.807) is 29.0 Å². The molecule has 3 rings (SSSR count). The molecule has 0 aliphatic heterocycles. The largest absolute Gasteiger partial charge is 0.422 e. The molecule has 25 heavy (non-hydrogen) atoms. The summed E-state index contributed by atoms with van der Waals surface area (Å²) in [4.78, 5) is 7.91. The molecular weight excluding hydrogens is 378 g/mol. The minimum absolute atomic E-state index is 0.0601. The standard InChI is InChI=1S/C16H12Cl2F3N3O/c17-10-7-22-15(23-8-10)25-13-4-1-3-11-12(18)9-24(14(11)13)6-2-5-16(19,20)21/h1,3-4,7-9H,2,5-6H2. The zero-order valence-corrected chi connectivity index (χ0v) is 14.2. The molecule has 0 amide bonds. The van der Waals surface area contributed by atoms with Crippen molar-refractivity contribution >= 4 is 34.1 Å². The fourth-order valence-electron chi connectivity index (χ4n) is 2.44. The van der Waals surface area contributed by atoms with Crippen LogP contribution in [0, 0.1) is 0 Å². The van der Waals surface area contributed by atoms with E-state index < -0.39 is 12.6 Å². The second-order valence-electron chi connectivity index (χ2n) is 5.33. The Balaban J connectivity index is 1.91. The third-order valence-corrected chi connectivity index (χ3v) is 3.97. The first-order valence-electron chi connectivity index (χ1n) is 7.33. The number of para-hydroxylation sites is 1. The van der Waals surface area contributed by atoms with Crippen LogP contribution in [0.5, 0.6) is 11.8 Å². The highest BCUT2D eigenvalue weighted by Crippen LogP contribution is 2.35. The van der Waals surface area contributed by atoms with Crippen LogP contribution in [0.3, 0.4) is 0 Å². The zero-order chi connectivity index (χ0) is 18.0. The molecule has 9 heteroatoms. The van der Waals surface area contributed by atoms with E-state index in [1.807, 2.05) is 0 Å². The van der Waals surface area contributed by atoms with Gasteiger partial charge in [0.1, 0.15) is 0 Å². The number of halogens is 5. The number of fused-ring (bicyclic) bond motifs is 1. The number of hydrogen-bond donors (Lipinski definition) is 0. The van der Waals surface area contributed by atoms with Crippen molar-refractivity contribution in [2.75, 3.05) is 0 Å². The van der Waals surface area contributed by atoms with E-state index in [1.165, 1.54) is 12.4 Å². The van der Waals surface area contributed by atoms with Crippen molar-refractivity contribution in [2.24, 2.45) is 0 Å². The SMILES string of the molecule is FC(F)(F)CCCn1cc(Cl)c2cccc(Oc3ncc(Cl)cn3)c21. The average Bonchev–Trinajstić information content (AvgIpc) is 2.86.